The maximum atomic E-state index is 11.1. The van der Waals surface area contributed by atoms with Gasteiger partial charge in [-0.05, 0) is 30.7 Å². The molecule has 0 radical (unpaired) electrons. The van der Waals surface area contributed by atoms with Gasteiger partial charge in [0.25, 0.3) is 0 Å². The summed E-state index contributed by atoms with van der Waals surface area (Å²) in [6, 6.07) is 11.7. The maximum Gasteiger partial charge on any atom is 0.134 e. The predicted octanol–water partition coefficient (Wildman–Crippen LogP) is 2.86. The number of aldehydes is 1. The number of piperazine rings is 1. The third kappa shape index (κ3) is 4.34. The molecule has 28 heavy (non-hydrogen) atoms. The summed E-state index contributed by atoms with van der Waals surface area (Å²) in [5.74, 6) is 2.30. The minimum absolute atomic E-state index is 0.234. The van der Waals surface area contributed by atoms with Gasteiger partial charge >= 0.3 is 0 Å². The molecule has 6 heteroatoms. The highest BCUT2D eigenvalue weighted by atomic mass is 16.5. The number of hydrogen-bond donors (Lipinski definition) is 0. The summed E-state index contributed by atoms with van der Waals surface area (Å²) >= 11 is 0. The average molecular weight is 379 g/mol. The van der Waals surface area contributed by atoms with Gasteiger partial charge < -0.3 is 19.2 Å². The Bertz CT molecular complexity index is 817. The number of carbonyl (C=O) groups is 1. The van der Waals surface area contributed by atoms with E-state index in [1.165, 1.54) is 0 Å². The van der Waals surface area contributed by atoms with E-state index in [9.17, 15) is 4.79 Å². The summed E-state index contributed by atoms with van der Waals surface area (Å²) in [6.07, 6.45) is 7.06. The lowest BCUT2D eigenvalue weighted by molar-refractivity contribution is -0.108. The van der Waals surface area contributed by atoms with Crippen molar-refractivity contribution in [3.63, 3.8) is 0 Å². The first-order chi connectivity index (χ1) is 13.8. The van der Waals surface area contributed by atoms with Crippen molar-refractivity contribution in [2.75, 3.05) is 44.2 Å². The van der Waals surface area contributed by atoms with Crippen LogP contribution >= 0.6 is 0 Å². The summed E-state index contributed by atoms with van der Waals surface area (Å²) in [5, 5.41) is 0. The van der Waals surface area contributed by atoms with Crippen LogP contribution in [0.2, 0.25) is 0 Å². The molecule has 0 amide bonds. The Morgan fingerprint density at radius 3 is 2.86 bits per heavy atom. The van der Waals surface area contributed by atoms with Crippen molar-refractivity contribution < 1.29 is 14.3 Å². The van der Waals surface area contributed by atoms with E-state index in [1.807, 2.05) is 36.5 Å². The molecule has 1 aromatic carbocycles. The summed E-state index contributed by atoms with van der Waals surface area (Å²) in [4.78, 5) is 20.4. The van der Waals surface area contributed by atoms with Crippen LogP contribution in [0, 0.1) is 0 Å². The number of benzene rings is 1. The van der Waals surface area contributed by atoms with E-state index < -0.39 is 0 Å². The van der Waals surface area contributed by atoms with E-state index in [1.54, 1.807) is 12.3 Å². The van der Waals surface area contributed by atoms with Gasteiger partial charge in [-0.3, -0.25) is 4.90 Å². The van der Waals surface area contributed by atoms with Crippen molar-refractivity contribution in [1.29, 1.82) is 0 Å². The zero-order valence-corrected chi connectivity index (χ0v) is 15.9. The predicted molar refractivity (Wildman–Crippen MR) is 108 cm³/mol. The number of fused-ring (bicyclic) bond motifs is 1. The van der Waals surface area contributed by atoms with Gasteiger partial charge in [-0.15, -0.1) is 0 Å². The van der Waals surface area contributed by atoms with Crippen LogP contribution in [-0.2, 0) is 4.79 Å². The maximum absolute atomic E-state index is 11.1. The standard InChI is InChI=1S/C22H25N3O3/c26-17-18-7-15-28-21-16-19(5-6-20(18)21)27-14-3-9-24-10-12-25(13-11-24)22-4-1-2-8-23-22/h1-2,4-8,15-18H,3,9-14H2. The molecular weight excluding hydrogens is 354 g/mol. The van der Waals surface area contributed by atoms with Gasteiger partial charge in [0.2, 0.25) is 0 Å². The molecule has 4 rings (SSSR count). The number of anilines is 1. The van der Waals surface area contributed by atoms with Crippen molar-refractivity contribution in [3.05, 3.63) is 60.5 Å². The first-order valence-corrected chi connectivity index (χ1v) is 9.77. The third-order valence-electron chi connectivity index (χ3n) is 5.20. The molecule has 0 bridgehead atoms. The molecule has 1 aromatic heterocycles. The lowest BCUT2D eigenvalue weighted by Gasteiger charge is -2.35. The summed E-state index contributed by atoms with van der Waals surface area (Å²) in [6.45, 7) is 5.78. The first kappa shape index (κ1) is 18.5. The van der Waals surface area contributed by atoms with Crippen molar-refractivity contribution >= 4 is 12.1 Å². The highest BCUT2D eigenvalue weighted by molar-refractivity contribution is 5.68. The molecule has 2 aromatic rings. The molecule has 1 fully saturated rings. The average Bonchev–Trinajstić information content (AvgIpc) is 2.77. The van der Waals surface area contributed by atoms with Crippen molar-refractivity contribution in [3.8, 4) is 11.5 Å². The fourth-order valence-corrected chi connectivity index (χ4v) is 3.62. The van der Waals surface area contributed by atoms with Gasteiger partial charge in [0, 0.05) is 50.6 Å². The Morgan fingerprint density at radius 1 is 1.18 bits per heavy atom. The molecule has 0 N–H and O–H groups in total. The van der Waals surface area contributed by atoms with Gasteiger partial charge in [-0.1, -0.05) is 12.1 Å². The number of aromatic nitrogens is 1. The van der Waals surface area contributed by atoms with Crippen LogP contribution < -0.4 is 14.4 Å². The van der Waals surface area contributed by atoms with E-state index in [4.69, 9.17) is 9.47 Å². The topological polar surface area (TPSA) is 54.9 Å². The fraction of sp³-hybridized carbons (Fsp3) is 0.364. The molecule has 6 nitrogen and oxygen atoms in total. The van der Waals surface area contributed by atoms with Gasteiger partial charge in [-0.25, -0.2) is 4.98 Å². The van der Waals surface area contributed by atoms with Crippen molar-refractivity contribution in [2.45, 2.75) is 12.3 Å². The van der Waals surface area contributed by atoms with E-state index in [2.05, 4.69) is 20.9 Å². The lowest BCUT2D eigenvalue weighted by atomic mass is 9.98. The molecule has 1 unspecified atom stereocenters. The van der Waals surface area contributed by atoms with Crippen molar-refractivity contribution in [2.24, 2.45) is 0 Å². The highest BCUT2D eigenvalue weighted by Gasteiger charge is 2.19. The molecule has 0 aliphatic carbocycles. The summed E-state index contributed by atoms with van der Waals surface area (Å²) in [7, 11) is 0. The number of hydrogen-bond acceptors (Lipinski definition) is 6. The Labute approximate surface area is 165 Å². The molecular formula is C22H25N3O3. The number of rotatable bonds is 7. The fourth-order valence-electron chi connectivity index (χ4n) is 3.62. The van der Waals surface area contributed by atoms with Crippen LogP contribution in [0.25, 0.3) is 0 Å². The number of nitrogens with zero attached hydrogens (tertiary/aromatic N) is 3. The molecule has 3 heterocycles. The number of pyridine rings is 1. The number of allylic oxidation sites excluding steroid dienone is 1. The van der Waals surface area contributed by atoms with E-state index in [0.29, 0.717) is 12.4 Å². The van der Waals surface area contributed by atoms with Crippen LogP contribution in [0.4, 0.5) is 5.82 Å². The van der Waals surface area contributed by atoms with Crippen LogP contribution in [-0.4, -0.2) is 55.5 Å². The van der Waals surface area contributed by atoms with Gasteiger partial charge in [0.05, 0.1) is 18.8 Å². The monoisotopic (exact) mass is 379 g/mol. The molecule has 1 saturated heterocycles. The molecule has 2 aliphatic rings. The Morgan fingerprint density at radius 2 is 2.07 bits per heavy atom. The second-order valence-corrected chi connectivity index (χ2v) is 7.03. The van der Waals surface area contributed by atoms with E-state index in [-0.39, 0.29) is 5.92 Å². The molecule has 2 aliphatic heterocycles. The Balaban J connectivity index is 1.19. The van der Waals surface area contributed by atoms with Crippen LogP contribution in [0.3, 0.4) is 0 Å². The largest absolute Gasteiger partial charge is 0.493 e. The van der Waals surface area contributed by atoms with Crippen molar-refractivity contribution in [1.82, 2.24) is 9.88 Å². The van der Waals surface area contributed by atoms with Gasteiger partial charge in [-0.2, -0.15) is 0 Å². The van der Waals surface area contributed by atoms with Gasteiger partial charge in [0.15, 0.2) is 0 Å². The molecule has 0 spiro atoms. The minimum Gasteiger partial charge on any atom is -0.493 e. The smallest absolute Gasteiger partial charge is 0.134 e. The first-order valence-electron chi connectivity index (χ1n) is 9.77. The van der Waals surface area contributed by atoms with Gasteiger partial charge in [0.1, 0.15) is 23.6 Å². The molecule has 146 valence electrons. The zero-order chi connectivity index (χ0) is 19.2. The Hall–Kier alpha value is -2.86. The summed E-state index contributed by atoms with van der Waals surface area (Å²) < 4.78 is 11.4. The van der Waals surface area contributed by atoms with Crippen LogP contribution in [0.15, 0.2) is 54.9 Å². The Kier molecular flexibility index (Phi) is 5.87. The van der Waals surface area contributed by atoms with E-state index in [0.717, 1.165) is 62.6 Å². The highest BCUT2D eigenvalue weighted by Crippen LogP contribution is 2.33. The number of ether oxygens (including phenoxy) is 2. The van der Waals surface area contributed by atoms with Crippen LogP contribution in [0.5, 0.6) is 11.5 Å². The SMILES string of the molecule is O=CC1C=COc2cc(OCCCN3CCN(c4ccccn4)CC3)ccc21. The minimum atomic E-state index is -0.234. The third-order valence-corrected chi connectivity index (χ3v) is 5.20. The quantitative estimate of drug-likeness (QED) is 0.545. The molecule has 1 atom stereocenters. The van der Waals surface area contributed by atoms with Crippen LogP contribution in [0.1, 0.15) is 17.9 Å². The number of carbonyl (C=O) groups excluding carboxylic acids is 1. The zero-order valence-electron chi connectivity index (χ0n) is 15.9. The van der Waals surface area contributed by atoms with E-state index >= 15 is 0 Å². The second kappa shape index (κ2) is 8.89. The normalized spacial score (nSPS) is 19.0. The summed E-state index contributed by atoms with van der Waals surface area (Å²) in [5.41, 5.74) is 0.885. The second-order valence-electron chi connectivity index (χ2n) is 7.03. The molecule has 0 saturated carbocycles. The lowest BCUT2D eigenvalue weighted by Crippen LogP contribution is -2.47.